The van der Waals surface area contributed by atoms with Crippen LogP contribution in [0.1, 0.15) is 13.3 Å². The maximum Gasteiger partial charge on any atom is 0.222 e. The van der Waals surface area contributed by atoms with Gasteiger partial charge in [-0.05, 0) is 24.6 Å². The molecule has 5 N–H and O–H groups in total. The summed E-state index contributed by atoms with van der Waals surface area (Å²) in [5.74, 6) is -0.778. The summed E-state index contributed by atoms with van der Waals surface area (Å²) in [5, 5.41) is 31.1. The van der Waals surface area contributed by atoms with Crippen LogP contribution in [0, 0.1) is 5.92 Å². The molecule has 5 atom stereocenters. The van der Waals surface area contributed by atoms with E-state index >= 15 is 0 Å². The molecule has 7 nitrogen and oxygen atoms in total. The number of carbonyl (C=O) groups is 1. The van der Waals surface area contributed by atoms with Gasteiger partial charge in [0.1, 0.15) is 12.4 Å². The SMILES string of the molecule is CCC(C(N)=O)C1C(O)C(O)C(CO)N1CCOc1ccc(Cl)cc1Cl. The topological polar surface area (TPSA) is 116 Å². The van der Waals surface area contributed by atoms with E-state index in [1.807, 2.05) is 0 Å². The molecular weight excluding hydrogens is 383 g/mol. The number of halogens is 2. The second-order valence-corrected chi connectivity index (χ2v) is 7.14. The van der Waals surface area contributed by atoms with E-state index in [0.29, 0.717) is 22.2 Å². The van der Waals surface area contributed by atoms with E-state index in [1.54, 1.807) is 30.0 Å². The summed E-state index contributed by atoms with van der Waals surface area (Å²) in [4.78, 5) is 13.4. The molecular formula is C17H24Cl2N2O5. The monoisotopic (exact) mass is 406 g/mol. The molecule has 1 aliphatic rings. The third-order valence-electron chi connectivity index (χ3n) is 4.81. The van der Waals surface area contributed by atoms with Gasteiger partial charge in [0.25, 0.3) is 0 Å². The number of nitrogens with zero attached hydrogens (tertiary/aromatic N) is 1. The molecule has 1 saturated heterocycles. The molecule has 0 spiro atoms. The van der Waals surface area contributed by atoms with Gasteiger partial charge in [-0.2, -0.15) is 0 Å². The van der Waals surface area contributed by atoms with Gasteiger partial charge in [0, 0.05) is 11.6 Å². The minimum Gasteiger partial charge on any atom is -0.491 e. The molecule has 1 aromatic carbocycles. The highest BCUT2D eigenvalue weighted by atomic mass is 35.5. The molecule has 0 aliphatic carbocycles. The molecule has 146 valence electrons. The van der Waals surface area contributed by atoms with Crippen LogP contribution in [0.4, 0.5) is 0 Å². The number of carbonyl (C=O) groups excluding carboxylic acids is 1. The van der Waals surface area contributed by atoms with Crippen molar-refractivity contribution < 1.29 is 24.9 Å². The Hall–Kier alpha value is -1.09. The van der Waals surface area contributed by atoms with Crippen molar-refractivity contribution in [1.29, 1.82) is 0 Å². The predicted octanol–water partition coefficient (Wildman–Crippen LogP) is 0.651. The third-order valence-corrected chi connectivity index (χ3v) is 5.34. The van der Waals surface area contributed by atoms with Crippen LogP contribution in [0.5, 0.6) is 5.75 Å². The van der Waals surface area contributed by atoms with Gasteiger partial charge in [0.15, 0.2) is 0 Å². The van der Waals surface area contributed by atoms with E-state index in [0.717, 1.165) is 0 Å². The van der Waals surface area contributed by atoms with E-state index in [9.17, 15) is 20.1 Å². The Morgan fingerprint density at radius 2 is 2.04 bits per heavy atom. The van der Waals surface area contributed by atoms with Crippen molar-refractivity contribution in [3.63, 3.8) is 0 Å². The maximum atomic E-state index is 11.8. The van der Waals surface area contributed by atoms with E-state index < -0.39 is 36.1 Å². The molecule has 1 aliphatic heterocycles. The van der Waals surface area contributed by atoms with Gasteiger partial charge in [-0.15, -0.1) is 0 Å². The van der Waals surface area contributed by atoms with Crippen LogP contribution in [0.3, 0.4) is 0 Å². The zero-order chi connectivity index (χ0) is 19.4. The van der Waals surface area contributed by atoms with Gasteiger partial charge in [-0.3, -0.25) is 9.69 Å². The number of amides is 1. The van der Waals surface area contributed by atoms with Gasteiger partial charge in [-0.1, -0.05) is 30.1 Å². The molecule has 1 heterocycles. The standard InChI is InChI=1S/C17H24Cl2N2O5/c1-2-10(17(20)25)14-16(24)15(23)12(8-22)21(14)5-6-26-13-4-3-9(18)7-11(13)19/h3-4,7,10,12,14-16,22-24H,2,5-6,8H2,1H3,(H2,20,25). The lowest BCUT2D eigenvalue weighted by Gasteiger charge is -2.33. The quantitative estimate of drug-likeness (QED) is 0.503. The average Bonchev–Trinajstić information content (AvgIpc) is 2.81. The molecule has 2 rings (SSSR count). The summed E-state index contributed by atoms with van der Waals surface area (Å²) in [6, 6.07) is 3.42. The van der Waals surface area contributed by atoms with Crippen molar-refractivity contribution in [2.45, 2.75) is 37.6 Å². The minimum absolute atomic E-state index is 0.170. The van der Waals surface area contributed by atoms with Crippen LogP contribution >= 0.6 is 23.2 Å². The minimum atomic E-state index is -1.19. The van der Waals surface area contributed by atoms with Crippen molar-refractivity contribution in [2.24, 2.45) is 11.7 Å². The smallest absolute Gasteiger partial charge is 0.222 e. The number of benzene rings is 1. The lowest BCUT2D eigenvalue weighted by Crippen LogP contribution is -2.50. The number of ether oxygens (including phenoxy) is 1. The fraction of sp³-hybridized carbons (Fsp3) is 0.588. The highest BCUT2D eigenvalue weighted by molar-refractivity contribution is 6.35. The number of likely N-dealkylation sites (tertiary alicyclic amines) is 1. The third kappa shape index (κ3) is 4.42. The van der Waals surface area contributed by atoms with Crippen molar-refractivity contribution >= 4 is 29.1 Å². The van der Waals surface area contributed by atoms with Gasteiger partial charge in [0.2, 0.25) is 5.91 Å². The Morgan fingerprint density at radius 1 is 1.35 bits per heavy atom. The summed E-state index contributed by atoms with van der Waals surface area (Å²) in [7, 11) is 0. The van der Waals surface area contributed by atoms with Crippen LogP contribution in [-0.4, -0.2) is 70.2 Å². The van der Waals surface area contributed by atoms with Crippen molar-refractivity contribution in [3.05, 3.63) is 28.2 Å². The predicted molar refractivity (Wildman–Crippen MR) is 98.3 cm³/mol. The van der Waals surface area contributed by atoms with Crippen LogP contribution < -0.4 is 10.5 Å². The van der Waals surface area contributed by atoms with Crippen molar-refractivity contribution in [2.75, 3.05) is 19.8 Å². The fourth-order valence-corrected chi connectivity index (χ4v) is 3.97. The second-order valence-electron chi connectivity index (χ2n) is 6.30. The Morgan fingerprint density at radius 3 is 2.58 bits per heavy atom. The largest absolute Gasteiger partial charge is 0.491 e. The Bertz CT molecular complexity index is 633. The second kappa shape index (κ2) is 9.21. The zero-order valence-electron chi connectivity index (χ0n) is 14.4. The molecule has 5 unspecified atom stereocenters. The molecule has 0 radical (unpaired) electrons. The summed E-state index contributed by atoms with van der Waals surface area (Å²) < 4.78 is 5.65. The number of aliphatic hydroxyl groups is 3. The molecule has 1 aromatic rings. The average molecular weight is 407 g/mol. The van der Waals surface area contributed by atoms with E-state index in [1.165, 1.54) is 0 Å². The normalized spacial score (nSPS) is 27.5. The highest BCUT2D eigenvalue weighted by Crippen LogP contribution is 2.32. The highest BCUT2D eigenvalue weighted by Gasteiger charge is 2.50. The van der Waals surface area contributed by atoms with E-state index in [4.69, 9.17) is 33.7 Å². The van der Waals surface area contributed by atoms with Crippen LogP contribution in [0.2, 0.25) is 10.0 Å². The number of rotatable bonds is 8. The Balaban J connectivity index is 2.12. The van der Waals surface area contributed by atoms with Crippen molar-refractivity contribution in [1.82, 2.24) is 4.90 Å². The molecule has 1 amide bonds. The summed E-state index contributed by atoms with van der Waals surface area (Å²) in [6.07, 6.45) is -1.97. The molecule has 0 saturated carbocycles. The van der Waals surface area contributed by atoms with Crippen LogP contribution in [0.15, 0.2) is 18.2 Å². The number of hydrogen-bond acceptors (Lipinski definition) is 6. The first-order valence-electron chi connectivity index (χ1n) is 8.41. The molecule has 9 heteroatoms. The Labute approximate surface area is 162 Å². The molecule has 26 heavy (non-hydrogen) atoms. The van der Waals surface area contributed by atoms with Crippen molar-refractivity contribution in [3.8, 4) is 5.75 Å². The number of aliphatic hydroxyl groups excluding tert-OH is 3. The van der Waals surface area contributed by atoms with Gasteiger partial charge >= 0.3 is 0 Å². The number of nitrogens with two attached hydrogens (primary N) is 1. The fourth-order valence-electron chi connectivity index (χ4n) is 3.50. The molecule has 0 aromatic heterocycles. The number of primary amides is 1. The first-order chi connectivity index (χ1) is 12.3. The van der Waals surface area contributed by atoms with E-state index in [-0.39, 0.29) is 19.8 Å². The maximum absolute atomic E-state index is 11.8. The molecule has 1 fully saturated rings. The van der Waals surface area contributed by atoms with Gasteiger partial charge < -0.3 is 25.8 Å². The number of hydrogen-bond donors (Lipinski definition) is 4. The van der Waals surface area contributed by atoms with Crippen LogP contribution in [-0.2, 0) is 4.79 Å². The lowest BCUT2D eigenvalue weighted by molar-refractivity contribution is -0.125. The lowest BCUT2D eigenvalue weighted by atomic mass is 9.91. The van der Waals surface area contributed by atoms with Gasteiger partial charge in [-0.25, -0.2) is 0 Å². The summed E-state index contributed by atoms with van der Waals surface area (Å²) in [5.41, 5.74) is 5.46. The first kappa shape index (κ1) is 21.2. The van der Waals surface area contributed by atoms with Crippen LogP contribution in [0.25, 0.3) is 0 Å². The van der Waals surface area contributed by atoms with Gasteiger partial charge in [0.05, 0.1) is 41.8 Å². The Kier molecular flexibility index (Phi) is 7.52. The zero-order valence-corrected chi connectivity index (χ0v) is 15.9. The molecule has 0 bridgehead atoms. The van der Waals surface area contributed by atoms with E-state index in [2.05, 4.69) is 0 Å². The first-order valence-corrected chi connectivity index (χ1v) is 9.17. The summed E-state index contributed by atoms with van der Waals surface area (Å²) >= 11 is 11.9. The summed E-state index contributed by atoms with van der Waals surface area (Å²) in [6.45, 7) is 1.84.